The lowest BCUT2D eigenvalue weighted by Gasteiger charge is -1.98. The van der Waals surface area contributed by atoms with Crippen LogP contribution in [0.2, 0.25) is 0 Å². The third-order valence-electron chi connectivity index (χ3n) is 2.10. The van der Waals surface area contributed by atoms with E-state index in [1.807, 2.05) is 39.1 Å². The van der Waals surface area contributed by atoms with Crippen LogP contribution in [0.25, 0.3) is 0 Å². The van der Waals surface area contributed by atoms with Crippen LogP contribution in [0.1, 0.15) is 5.56 Å². The topological polar surface area (TPSA) is 18.9 Å². The maximum Gasteiger partial charge on any atom is 0.355 e. The Morgan fingerprint density at radius 3 is 3.00 bits per heavy atom. The molecule has 0 fully saturated rings. The van der Waals surface area contributed by atoms with E-state index in [0.29, 0.717) is 0 Å². The number of allylic oxidation sites excluding steroid dienone is 1. The van der Waals surface area contributed by atoms with Gasteiger partial charge in [0.2, 0.25) is 11.6 Å². The van der Waals surface area contributed by atoms with Gasteiger partial charge in [0.15, 0.2) is 6.20 Å². The van der Waals surface area contributed by atoms with E-state index in [-0.39, 0.29) is 0 Å². The van der Waals surface area contributed by atoms with Crippen molar-refractivity contribution in [3.05, 3.63) is 46.1 Å². The van der Waals surface area contributed by atoms with Gasteiger partial charge in [-0.05, 0) is 28.7 Å². The molecule has 0 unspecified atom stereocenters. The Morgan fingerprint density at radius 1 is 1.44 bits per heavy atom. The molecular formula is C11H9I2N3+2. The van der Waals surface area contributed by atoms with E-state index in [1.54, 1.807) is 6.20 Å². The average molecular weight is 437 g/mol. The molecule has 0 saturated carbocycles. The highest BCUT2D eigenvalue weighted by Gasteiger charge is 2.17. The fourth-order valence-electron chi connectivity index (χ4n) is 1.28. The summed E-state index contributed by atoms with van der Waals surface area (Å²) >= 11 is 4.56. The number of aromatic nitrogens is 1. The van der Waals surface area contributed by atoms with E-state index in [1.165, 1.54) is 3.57 Å². The predicted molar refractivity (Wildman–Crippen MR) is 80.2 cm³/mol. The number of hydrogen-bond donors (Lipinski definition) is 0. The highest BCUT2D eigenvalue weighted by atomic mass is 127. The second-order valence-corrected chi connectivity index (χ2v) is 5.44. The summed E-state index contributed by atoms with van der Waals surface area (Å²) in [5.41, 5.74) is 2.23. The maximum atomic E-state index is 4.17. The van der Waals surface area contributed by atoms with Crippen molar-refractivity contribution >= 4 is 57.0 Å². The van der Waals surface area contributed by atoms with Gasteiger partial charge in [-0.15, -0.1) is 2.79 Å². The zero-order valence-electron chi connectivity index (χ0n) is 8.56. The summed E-state index contributed by atoms with van der Waals surface area (Å²) in [4.78, 5) is 4.17. The first-order chi connectivity index (χ1) is 7.68. The van der Waals surface area contributed by atoms with Crippen LogP contribution in [-0.4, -0.2) is 31.0 Å². The minimum absolute atomic E-state index is 1.11. The fraction of sp³-hybridized carbons (Fsp3) is 0.0909. The Hall–Kier alpha value is -0.530. The lowest BCUT2D eigenvalue weighted by molar-refractivity contribution is -0.414. The summed E-state index contributed by atoms with van der Waals surface area (Å²) in [6, 6.07) is 2.00. The van der Waals surface area contributed by atoms with Gasteiger partial charge >= 0.3 is 22.9 Å². The van der Waals surface area contributed by atoms with E-state index in [9.17, 15) is 0 Å². The maximum absolute atomic E-state index is 4.17. The van der Waals surface area contributed by atoms with Crippen LogP contribution in [0.3, 0.4) is 0 Å². The van der Waals surface area contributed by atoms with Crippen LogP contribution in [0.15, 0.2) is 36.9 Å². The van der Waals surface area contributed by atoms with E-state index in [2.05, 4.69) is 62.4 Å². The van der Waals surface area contributed by atoms with Crippen molar-refractivity contribution in [3.63, 3.8) is 0 Å². The van der Waals surface area contributed by atoms with Crippen molar-refractivity contribution in [3.8, 4) is 0 Å². The quantitative estimate of drug-likeness (QED) is 0.375. The molecule has 2 rings (SSSR count). The molecule has 5 heteroatoms. The molecule has 80 valence electrons. The van der Waals surface area contributed by atoms with Crippen LogP contribution in [0.5, 0.6) is 0 Å². The average Bonchev–Trinajstić information content (AvgIpc) is 2.43. The van der Waals surface area contributed by atoms with Gasteiger partial charge in [-0.25, -0.2) is 0 Å². The largest absolute Gasteiger partial charge is 0.355 e. The molecule has 0 aliphatic carbocycles. The highest BCUT2D eigenvalue weighted by Crippen LogP contribution is 2.13. The van der Waals surface area contributed by atoms with Crippen molar-refractivity contribution in [1.29, 1.82) is 0 Å². The van der Waals surface area contributed by atoms with E-state index in [0.717, 1.165) is 11.3 Å². The molecule has 1 aliphatic heterocycles. The van der Waals surface area contributed by atoms with E-state index < -0.39 is 0 Å². The molecule has 16 heavy (non-hydrogen) atoms. The highest BCUT2D eigenvalue weighted by molar-refractivity contribution is 14.1. The molecule has 1 aromatic heterocycles. The van der Waals surface area contributed by atoms with Crippen LogP contribution in [0.4, 0.5) is 0 Å². The minimum atomic E-state index is 1.11. The Balaban J connectivity index is 2.56. The molecule has 0 spiro atoms. The number of nitrogens with zero attached hydrogens (tertiary/aromatic N) is 3. The van der Waals surface area contributed by atoms with Gasteiger partial charge in [-0.3, -0.25) is 4.98 Å². The van der Waals surface area contributed by atoms with Crippen LogP contribution in [-0.2, 0) is 0 Å². The summed E-state index contributed by atoms with van der Waals surface area (Å²) in [7, 11) is 1.95. The molecule has 0 saturated heterocycles. The van der Waals surface area contributed by atoms with Crippen molar-refractivity contribution in [1.82, 2.24) is 4.98 Å². The molecule has 2 heterocycles. The summed E-state index contributed by atoms with van der Waals surface area (Å²) in [6.07, 6.45) is 9.62. The van der Waals surface area contributed by atoms with Gasteiger partial charge in [0.05, 0.1) is 11.6 Å². The van der Waals surface area contributed by atoms with Crippen LogP contribution >= 0.6 is 45.5 Å². The van der Waals surface area contributed by atoms with Crippen molar-refractivity contribution < 1.29 is 7.36 Å². The van der Waals surface area contributed by atoms with Crippen LogP contribution < -0.4 is 0 Å². The number of hydrogen-bond acceptors (Lipinski definition) is 1. The first-order valence-corrected chi connectivity index (χ1v) is 6.65. The molecule has 0 radical (unpaired) electrons. The molecule has 1 aromatic rings. The summed E-state index contributed by atoms with van der Waals surface area (Å²) < 4.78 is 5.09. The molecular weight excluding hydrogens is 428 g/mol. The van der Waals surface area contributed by atoms with Crippen LogP contribution in [0, 0.1) is 3.57 Å². The van der Waals surface area contributed by atoms with Crippen molar-refractivity contribution in [2.45, 2.75) is 0 Å². The lowest BCUT2D eigenvalue weighted by Crippen LogP contribution is -2.09. The Kier molecular flexibility index (Phi) is 3.88. The lowest BCUT2D eigenvalue weighted by atomic mass is 10.2. The van der Waals surface area contributed by atoms with Gasteiger partial charge in [-0.1, -0.05) is 0 Å². The second kappa shape index (κ2) is 5.20. The first-order valence-electron chi connectivity index (χ1n) is 4.61. The third-order valence-corrected chi connectivity index (χ3v) is 3.84. The SMILES string of the molecule is C[N+]1=C=C[N+](I)=C(c2cnccc2I)C=C1. The van der Waals surface area contributed by atoms with Gasteiger partial charge in [0.25, 0.3) is 6.20 Å². The van der Waals surface area contributed by atoms with Crippen molar-refractivity contribution in [2.75, 3.05) is 7.05 Å². The zero-order chi connectivity index (χ0) is 11.5. The molecule has 0 amide bonds. The Bertz CT molecular complexity index is 552. The van der Waals surface area contributed by atoms with Gasteiger partial charge in [0.1, 0.15) is 7.05 Å². The standard InChI is InChI=1S/C11H9I2N3/c1-15-5-3-11(16(13)7-6-15)9-8-14-4-2-10(9)12/h2-5,7-8H,1H3/q+2. The fourth-order valence-corrected chi connectivity index (χ4v) is 2.40. The Labute approximate surface area is 122 Å². The predicted octanol–water partition coefficient (Wildman–Crippen LogP) is 2.19. The molecule has 0 atom stereocenters. The summed E-state index contributed by atoms with van der Waals surface area (Å²) in [6.45, 7) is 0. The van der Waals surface area contributed by atoms with Gasteiger partial charge in [-0.2, -0.15) is 4.58 Å². The molecule has 1 aliphatic rings. The first kappa shape index (κ1) is 11.9. The Morgan fingerprint density at radius 2 is 2.25 bits per heavy atom. The van der Waals surface area contributed by atoms with E-state index in [4.69, 9.17) is 0 Å². The second-order valence-electron chi connectivity index (χ2n) is 3.24. The van der Waals surface area contributed by atoms with Gasteiger partial charge < -0.3 is 0 Å². The monoisotopic (exact) mass is 437 g/mol. The normalized spacial score (nSPS) is 15.1. The number of halogens is 2. The number of rotatable bonds is 1. The smallest absolute Gasteiger partial charge is 0.264 e. The van der Waals surface area contributed by atoms with Crippen molar-refractivity contribution in [2.24, 2.45) is 0 Å². The summed E-state index contributed by atoms with van der Waals surface area (Å²) in [5.74, 6) is 3.11. The van der Waals surface area contributed by atoms with E-state index >= 15 is 0 Å². The molecule has 3 nitrogen and oxygen atoms in total. The molecule has 0 N–H and O–H groups in total. The van der Waals surface area contributed by atoms with Gasteiger partial charge in [0, 0.05) is 16.0 Å². The molecule has 0 aromatic carbocycles. The third kappa shape index (κ3) is 2.58. The molecule has 0 bridgehead atoms. The minimum Gasteiger partial charge on any atom is -0.264 e. The number of pyridine rings is 1. The zero-order valence-corrected chi connectivity index (χ0v) is 12.9. The summed E-state index contributed by atoms with van der Waals surface area (Å²) in [5, 5.41) is 0.